The Labute approximate surface area is 193 Å². The SMILES string of the molecule is Cc1ccc(NC(=O)Cc2nc(COC(=O)C[C@@H]3Sc4ccccc4NC3=O)cs2)cc1. The number of benzene rings is 2. The number of nitrogens with one attached hydrogen (secondary N) is 2. The monoisotopic (exact) mass is 467 g/mol. The van der Waals surface area contributed by atoms with E-state index in [9.17, 15) is 14.4 Å². The van der Waals surface area contributed by atoms with Crippen LogP contribution in [0, 0.1) is 6.92 Å². The first-order valence-corrected chi connectivity index (χ1v) is 11.7. The van der Waals surface area contributed by atoms with Gasteiger partial charge in [-0.25, -0.2) is 4.98 Å². The third-order valence-electron chi connectivity index (χ3n) is 4.69. The van der Waals surface area contributed by atoms with Crippen LogP contribution in [-0.4, -0.2) is 28.0 Å². The predicted octanol–water partition coefficient (Wildman–Crippen LogP) is 4.18. The van der Waals surface area contributed by atoms with Crippen molar-refractivity contribution in [2.24, 2.45) is 0 Å². The number of carbonyl (C=O) groups is 3. The zero-order valence-electron chi connectivity index (χ0n) is 17.3. The van der Waals surface area contributed by atoms with Crippen LogP contribution in [0.25, 0.3) is 0 Å². The van der Waals surface area contributed by atoms with Crippen molar-refractivity contribution in [2.45, 2.75) is 36.5 Å². The van der Waals surface area contributed by atoms with Crippen molar-refractivity contribution in [3.63, 3.8) is 0 Å². The van der Waals surface area contributed by atoms with Crippen LogP contribution < -0.4 is 10.6 Å². The molecule has 2 N–H and O–H groups in total. The van der Waals surface area contributed by atoms with Crippen molar-refractivity contribution in [3.05, 3.63) is 70.2 Å². The molecular weight excluding hydrogens is 446 g/mol. The molecule has 2 amide bonds. The Bertz CT molecular complexity index is 1140. The second-order valence-electron chi connectivity index (χ2n) is 7.28. The molecule has 1 aliphatic rings. The first kappa shape index (κ1) is 22.0. The predicted molar refractivity (Wildman–Crippen MR) is 125 cm³/mol. The molecule has 0 fully saturated rings. The standard InChI is InChI=1S/C23H21N3O4S2/c1-14-6-8-15(9-7-14)24-20(27)11-21-25-16(13-31-21)12-30-22(28)10-19-23(29)26-17-4-2-3-5-18(17)32-19/h2-9,13,19H,10-12H2,1H3,(H,24,27)(H,26,29)/t19-/m0/s1. The zero-order chi connectivity index (χ0) is 22.5. The molecule has 164 valence electrons. The van der Waals surface area contributed by atoms with Crippen LogP contribution in [0.2, 0.25) is 0 Å². The van der Waals surface area contributed by atoms with Crippen LogP contribution >= 0.6 is 23.1 Å². The number of fused-ring (bicyclic) bond motifs is 1. The number of rotatable bonds is 7. The van der Waals surface area contributed by atoms with Crippen LogP contribution in [0.1, 0.15) is 22.7 Å². The Morgan fingerprint density at radius 3 is 2.75 bits per heavy atom. The minimum absolute atomic E-state index is 0.00447. The minimum Gasteiger partial charge on any atom is -0.459 e. The summed E-state index contributed by atoms with van der Waals surface area (Å²) in [6.45, 7) is 1.99. The molecule has 32 heavy (non-hydrogen) atoms. The highest BCUT2D eigenvalue weighted by Crippen LogP contribution is 2.36. The molecule has 0 saturated heterocycles. The van der Waals surface area contributed by atoms with E-state index in [0.717, 1.165) is 21.8 Å². The van der Waals surface area contributed by atoms with Gasteiger partial charge in [0.2, 0.25) is 11.8 Å². The van der Waals surface area contributed by atoms with E-state index >= 15 is 0 Å². The van der Waals surface area contributed by atoms with Crippen LogP contribution in [-0.2, 0) is 32.1 Å². The highest BCUT2D eigenvalue weighted by atomic mass is 32.2. The lowest BCUT2D eigenvalue weighted by Crippen LogP contribution is -2.31. The topological polar surface area (TPSA) is 97.4 Å². The molecular formula is C23H21N3O4S2. The average molecular weight is 468 g/mol. The molecule has 7 nitrogen and oxygen atoms in total. The van der Waals surface area contributed by atoms with E-state index in [0.29, 0.717) is 10.7 Å². The van der Waals surface area contributed by atoms with Crippen LogP contribution in [0.15, 0.2) is 58.8 Å². The number of anilines is 2. The zero-order valence-corrected chi connectivity index (χ0v) is 18.9. The van der Waals surface area contributed by atoms with Crippen LogP contribution in [0.5, 0.6) is 0 Å². The summed E-state index contributed by atoms with van der Waals surface area (Å²) in [6, 6.07) is 15.0. The number of amides is 2. The Balaban J connectivity index is 1.24. The van der Waals surface area contributed by atoms with E-state index in [1.54, 1.807) is 5.38 Å². The summed E-state index contributed by atoms with van der Waals surface area (Å²) in [7, 11) is 0. The van der Waals surface area contributed by atoms with Gasteiger partial charge in [0.05, 0.1) is 29.5 Å². The van der Waals surface area contributed by atoms with Gasteiger partial charge in [-0.3, -0.25) is 14.4 Å². The maximum Gasteiger partial charge on any atom is 0.307 e. The maximum atomic E-state index is 12.2. The van der Waals surface area contributed by atoms with Crippen molar-refractivity contribution in [3.8, 4) is 0 Å². The molecule has 0 aliphatic carbocycles. The molecule has 4 rings (SSSR count). The summed E-state index contributed by atoms with van der Waals surface area (Å²) in [6.07, 6.45) is 0.117. The molecule has 2 heterocycles. The van der Waals surface area contributed by atoms with Gasteiger partial charge in [-0.05, 0) is 31.2 Å². The number of thioether (sulfide) groups is 1. The van der Waals surface area contributed by atoms with Crippen molar-refractivity contribution >= 4 is 52.3 Å². The van der Waals surface area contributed by atoms with Crippen LogP contribution in [0.3, 0.4) is 0 Å². The molecule has 1 aromatic heterocycles. The van der Waals surface area contributed by atoms with Gasteiger partial charge in [0.25, 0.3) is 0 Å². The third-order valence-corrected chi connectivity index (χ3v) is 6.86. The number of aromatic nitrogens is 1. The summed E-state index contributed by atoms with van der Waals surface area (Å²) in [5.41, 5.74) is 3.19. The van der Waals surface area contributed by atoms with Gasteiger partial charge < -0.3 is 15.4 Å². The number of carbonyl (C=O) groups excluding carboxylic acids is 3. The number of nitrogens with zero attached hydrogens (tertiary/aromatic N) is 1. The molecule has 0 spiro atoms. The van der Waals surface area contributed by atoms with Gasteiger partial charge in [-0.15, -0.1) is 23.1 Å². The van der Waals surface area contributed by atoms with Gasteiger partial charge in [0, 0.05) is 16.0 Å². The molecule has 9 heteroatoms. The van der Waals surface area contributed by atoms with E-state index < -0.39 is 11.2 Å². The first-order valence-electron chi connectivity index (χ1n) is 9.98. The van der Waals surface area contributed by atoms with Gasteiger partial charge >= 0.3 is 5.97 Å². The molecule has 1 atom stereocenters. The summed E-state index contributed by atoms with van der Waals surface area (Å²) in [5.74, 6) is -0.836. The van der Waals surface area contributed by atoms with Gasteiger partial charge in [0.1, 0.15) is 11.6 Å². The normalized spacial score (nSPS) is 14.9. The number of aryl methyl sites for hydroxylation is 1. The number of thiazole rings is 1. The van der Waals surface area contributed by atoms with E-state index in [1.807, 2.05) is 55.5 Å². The Hall–Kier alpha value is -3.17. The smallest absolute Gasteiger partial charge is 0.307 e. The average Bonchev–Trinajstić information content (AvgIpc) is 3.21. The third kappa shape index (κ3) is 5.74. The second-order valence-corrected chi connectivity index (χ2v) is 9.47. The quantitative estimate of drug-likeness (QED) is 0.506. The molecule has 0 saturated carbocycles. The summed E-state index contributed by atoms with van der Waals surface area (Å²) in [4.78, 5) is 42.0. The summed E-state index contributed by atoms with van der Waals surface area (Å²) >= 11 is 2.70. The number of esters is 1. The molecule has 0 unspecified atom stereocenters. The first-order chi connectivity index (χ1) is 15.5. The lowest BCUT2D eigenvalue weighted by molar-refractivity contribution is -0.145. The number of hydrogen-bond acceptors (Lipinski definition) is 7. The lowest BCUT2D eigenvalue weighted by Gasteiger charge is -2.23. The van der Waals surface area contributed by atoms with E-state index in [4.69, 9.17) is 4.74 Å². The van der Waals surface area contributed by atoms with Gasteiger partial charge in [-0.1, -0.05) is 29.8 Å². The summed E-state index contributed by atoms with van der Waals surface area (Å²) in [5, 5.41) is 7.52. The van der Waals surface area contributed by atoms with E-state index in [1.165, 1.54) is 23.1 Å². The molecule has 1 aliphatic heterocycles. The van der Waals surface area contributed by atoms with Crippen molar-refractivity contribution in [1.82, 2.24) is 4.98 Å². The van der Waals surface area contributed by atoms with E-state index in [2.05, 4.69) is 15.6 Å². The van der Waals surface area contributed by atoms with E-state index in [-0.39, 0.29) is 31.3 Å². The molecule has 3 aromatic rings. The lowest BCUT2D eigenvalue weighted by atomic mass is 10.2. The highest BCUT2D eigenvalue weighted by molar-refractivity contribution is 8.01. The van der Waals surface area contributed by atoms with Crippen molar-refractivity contribution < 1.29 is 19.1 Å². The Morgan fingerprint density at radius 2 is 1.94 bits per heavy atom. The largest absolute Gasteiger partial charge is 0.459 e. The Kier molecular flexibility index (Phi) is 6.87. The number of para-hydroxylation sites is 1. The Morgan fingerprint density at radius 1 is 1.16 bits per heavy atom. The highest BCUT2D eigenvalue weighted by Gasteiger charge is 2.29. The fraction of sp³-hybridized carbons (Fsp3) is 0.217. The molecule has 2 aromatic carbocycles. The molecule has 0 bridgehead atoms. The van der Waals surface area contributed by atoms with Crippen molar-refractivity contribution in [2.75, 3.05) is 10.6 Å². The van der Waals surface area contributed by atoms with Crippen LogP contribution in [0.4, 0.5) is 11.4 Å². The van der Waals surface area contributed by atoms with Crippen molar-refractivity contribution in [1.29, 1.82) is 0 Å². The number of ether oxygens (including phenoxy) is 1. The second kappa shape index (κ2) is 9.97. The minimum atomic E-state index is -0.533. The summed E-state index contributed by atoms with van der Waals surface area (Å²) < 4.78 is 5.30. The molecule has 0 radical (unpaired) electrons. The van der Waals surface area contributed by atoms with Gasteiger partial charge in [-0.2, -0.15) is 0 Å². The maximum absolute atomic E-state index is 12.2. The number of hydrogen-bond donors (Lipinski definition) is 2. The van der Waals surface area contributed by atoms with Gasteiger partial charge in [0.15, 0.2) is 0 Å². The fourth-order valence-electron chi connectivity index (χ4n) is 3.07. The fourth-order valence-corrected chi connectivity index (χ4v) is 4.94.